The minimum Gasteiger partial charge on any atom is -0.466 e. The maximum absolute atomic E-state index is 12.3. The number of aryl methyl sites for hydroxylation is 1. The van der Waals surface area contributed by atoms with Crippen molar-refractivity contribution in [3.63, 3.8) is 0 Å². The summed E-state index contributed by atoms with van der Waals surface area (Å²) in [5.41, 5.74) is 1.24. The van der Waals surface area contributed by atoms with Gasteiger partial charge in [0, 0.05) is 0 Å². The largest absolute Gasteiger partial charge is 0.466 e. The lowest BCUT2D eigenvalue weighted by Gasteiger charge is -2.28. The second-order valence-corrected chi connectivity index (χ2v) is 6.01. The first-order valence-corrected chi connectivity index (χ1v) is 8.59. The SMILES string of the molecule is CCOC(=O)C1CCCCC1C(=O)OCCCc1ccccc1. The molecule has 1 aromatic carbocycles. The van der Waals surface area contributed by atoms with E-state index >= 15 is 0 Å². The summed E-state index contributed by atoms with van der Waals surface area (Å²) in [6, 6.07) is 10.1. The molecule has 2 unspecified atom stereocenters. The van der Waals surface area contributed by atoms with Crippen molar-refractivity contribution in [2.24, 2.45) is 11.8 Å². The van der Waals surface area contributed by atoms with Gasteiger partial charge in [-0.05, 0) is 38.2 Å². The van der Waals surface area contributed by atoms with E-state index in [1.807, 2.05) is 18.2 Å². The van der Waals surface area contributed by atoms with Gasteiger partial charge in [-0.15, -0.1) is 0 Å². The Bertz CT molecular complexity index is 497. The molecule has 4 nitrogen and oxygen atoms in total. The van der Waals surface area contributed by atoms with E-state index in [-0.39, 0.29) is 23.8 Å². The van der Waals surface area contributed by atoms with Gasteiger partial charge in [-0.1, -0.05) is 43.2 Å². The third-order valence-electron chi connectivity index (χ3n) is 4.35. The highest BCUT2D eigenvalue weighted by Gasteiger charge is 2.37. The van der Waals surface area contributed by atoms with E-state index in [0.29, 0.717) is 13.2 Å². The zero-order valence-electron chi connectivity index (χ0n) is 13.8. The van der Waals surface area contributed by atoms with E-state index in [9.17, 15) is 9.59 Å². The highest BCUT2D eigenvalue weighted by atomic mass is 16.5. The fraction of sp³-hybridized carbons (Fsp3) is 0.579. The highest BCUT2D eigenvalue weighted by Crippen LogP contribution is 2.32. The number of ether oxygens (including phenoxy) is 2. The van der Waals surface area contributed by atoms with E-state index in [0.717, 1.165) is 38.5 Å². The van der Waals surface area contributed by atoms with Crippen LogP contribution in [0.2, 0.25) is 0 Å². The Kier molecular flexibility index (Phi) is 7.11. The minimum absolute atomic E-state index is 0.240. The van der Waals surface area contributed by atoms with Gasteiger partial charge in [-0.2, -0.15) is 0 Å². The van der Waals surface area contributed by atoms with Crippen LogP contribution in [0, 0.1) is 11.8 Å². The van der Waals surface area contributed by atoms with Gasteiger partial charge < -0.3 is 9.47 Å². The van der Waals surface area contributed by atoms with Crippen LogP contribution >= 0.6 is 0 Å². The molecule has 1 aliphatic carbocycles. The molecule has 0 heterocycles. The first-order chi connectivity index (χ1) is 11.2. The number of carbonyl (C=O) groups excluding carboxylic acids is 2. The van der Waals surface area contributed by atoms with Crippen LogP contribution < -0.4 is 0 Å². The van der Waals surface area contributed by atoms with Gasteiger partial charge in [0.05, 0.1) is 25.0 Å². The summed E-state index contributed by atoms with van der Waals surface area (Å²) in [5.74, 6) is -1.15. The summed E-state index contributed by atoms with van der Waals surface area (Å²) in [5, 5.41) is 0. The van der Waals surface area contributed by atoms with Gasteiger partial charge in [0.2, 0.25) is 0 Å². The first kappa shape index (κ1) is 17.5. The van der Waals surface area contributed by atoms with Gasteiger partial charge in [0.1, 0.15) is 0 Å². The molecule has 0 radical (unpaired) electrons. The molecule has 0 saturated heterocycles. The average molecular weight is 318 g/mol. The van der Waals surface area contributed by atoms with Crippen molar-refractivity contribution >= 4 is 11.9 Å². The summed E-state index contributed by atoms with van der Waals surface area (Å²) >= 11 is 0. The molecule has 23 heavy (non-hydrogen) atoms. The predicted molar refractivity (Wildman–Crippen MR) is 87.8 cm³/mol. The van der Waals surface area contributed by atoms with Crippen molar-refractivity contribution in [2.75, 3.05) is 13.2 Å². The Balaban J connectivity index is 1.77. The molecule has 1 saturated carbocycles. The summed E-state index contributed by atoms with van der Waals surface area (Å²) < 4.78 is 10.5. The van der Waals surface area contributed by atoms with Crippen LogP contribution in [-0.2, 0) is 25.5 Å². The lowest BCUT2D eigenvalue weighted by Crippen LogP contribution is -2.35. The van der Waals surface area contributed by atoms with Crippen molar-refractivity contribution in [3.05, 3.63) is 35.9 Å². The third-order valence-corrected chi connectivity index (χ3v) is 4.35. The van der Waals surface area contributed by atoms with E-state index in [1.165, 1.54) is 5.56 Å². The highest BCUT2D eigenvalue weighted by molar-refractivity contribution is 5.82. The molecular formula is C19H26O4. The monoisotopic (exact) mass is 318 g/mol. The molecule has 0 aliphatic heterocycles. The van der Waals surface area contributed by atoms with E-state index < -0.39 is 0 Å². The van der Waals surface area contributed by atoms with Crippen molar-refractivity contribution < 1.29 is 19.1 Å². The number of hydrogen-bond acceptors (Lipinski definition) is 4. The maximum Gasteiger partial charge on any atom is 0.309 e. The smallest absolute Gasteiger partial charge is 0.309 e. The Morgan fingerprint density at radius 3 is 2.22 bits per heavy atom. The van der Waals surface area contributed by atoms with E-state index in [2.05, 4.69) is 12.1 Å². The van der Waals surface area contributed by atoms with Crippen molar-refractivity contribution in [2.45, 2.75) is 45.4 Å². The lowest BCUT2D eigenvalue weighted by molar-refractivity contribution is -0.162. The maximum atomic E-state index is 12.3. The van der Waals surface area contributed by atoms with E-state index in [4.69, 9.17) is 9.47 Å². The molecule has 0 amide bonds. The zero-order valence-corrected chi connectivity index (χ0v) is 13.8. The van der Waals surface area contributed by atoms with Crippen molar-refractivity contribution in [1.29, 1.82) is 0 Å². The van der Waals surface area contributed by atoms with Crippen LogP contribution in [-0.4, -0.2) is 25.2 Å². The third kappa shape index (κ3) is 5.38. The number of rotatable bonds is 7. The molecule has 0 N–H and O–H groups in total. The quantitative estimate of drug-likeness (QED) is 0.570. The lowest BCUT2D eigenvalue weighted by atomic mass is 9.79. The normalized spacial score (nSPS) is 20.7. The summed E-state index contributed by atoms with van der Waals surface area (Å²) in [6.07, 6.45) is 5.08. The van der Waals surface area contributed by atoms with Crippen LogP contribution in [0.4, 0.5) is 0 Å². The molecule has 0 spiro atoms. The number of benzene rings is 1. The molecule has 1 aliphatic rings. The molecule has 0 bridgehead atoms. The average Bonchev–Trinajstić information content (AvgIpc) is 2.59. The first-order valence-electron chi connectivity index (χ1n) is 8.59. The topological polar surface area (TPSA) is 52.6 Å². The molecule has 126 valence electrons. The molecule has 4 heteroatoms. The number of carbonyl (C=O) groups is 2. The van der Waals surface area contributed by atoms with Crippen molar-refractivity contribution in [3.8, 4) is 0 Å². The fourth-order valence-corrected chi connectivity index (χ4v) is 3.15. The summed E-state index contributed by atoms with van der Waals surface area (Å²) in [7, 11) is 0. The Hall–Kier alpha value is -1.84. The fourth-order valence-electron chi connectivity index (χ4n) is 3.15. The van der Waals surface area contributed by atoms with Gasteiger partial charge in [0.25, 0.3) is 0 Å². The zero-order chi connectivity index (χ0) is 16.5. The van der Waals surface area contributed by atoms with Gasteiger partial charge in [-0.25, -0.2) is 0 Å². The van der Waals surface area contributed by atoms with Gasteiger partial charge >= 0.3 is 11.9 Å². The predicted octanol–water partition coefficient (Wildman–Crippen LogP) is 3.53. The molecule has 1 aromatic rings. The minimum atomic E-state index is -0.334. The van der Waals surface area contributed by atoms with Crippen LogP contribution in [0.3, 0.4) is 0 Å². The molecule has 2 rings (SSSR count). The van der Waals surface area contributed by atoms with Crippen LogP contribution in [0.15, 0.2) is 30.3 Å². The molecule has 2 atom stereocenters. The second-order valence-electron chi connectivity index (χ2n) is 6.01. The van der Waals surface area contributed by atoms with Gasteiger partial charge in [0.15, 0.2) is 0 Å². The second kappa shape index (κ2) is 9.33. The molecule has 1 fully saturated rings. The van der Waals surface area contributed by atoms with Crippen LogP contribution in [0.1, 0.15) is 44.6 Å². The Morgan fingerprint density at radius 1 is 1.00 bits per heavy atom. The number of esters is 2. The van der Waals surface area contributed by atoms with E-state index in [1.54, 1.807) is 6.92 Å². The van der Waals surface area contributed by atoms with Crippen LogP contribution in [0.25, 0.3) is 0 Å². The Morgan fingerprint density at radius 2 is 1.61 bits per heavy atom. The summed E-state index contributed by atoms with van der Waals surface area (Å²) in [6.45, 7) is 2.55. The van der Waals surface area contributed by atoms with Gasteiger partial charge in [-0.3, -0.25) is 9.59 Å². The molecular weight excluding hydrogens is 292 g/mol. The van der Waals surface area contributed by atoms with Crippen molar-refractivity contribution in [1.82, 2.24) is 0 Å². The number of hydrogen-bond donors (Lipinski definition) is 0. The molecule has 0 aromatic heterocycles. The standard InChI is InChI=1S/C19H26O4/c1-2-22-18(20)16-12-6-7-13-17(16)19(21)23-14-8-11-15-9-4-3-5-10-15/h3-5,9-10,16-17H,2,6-8,11-14H2,1H3. The van der Waals surface area contributed by atoms with Crippen LogP contribution in [0.5, 0.6) is 0 Å². The summed E-state index contributed by atoms with van der Waals surface area (Å²) in [4.78, 5) is 24.3. The Labute approximate surface area is 138 Å².